The van der Waals surface area contributed by atoms with Gasteiger partial charge < -0.3 is 35.0 Å². The first-order valence-corrected chi connectivity index (χ1v) is 16.5. The zero-order valence-electron chi connectivity index (χ0n) is 27.5. The Morgan fingerprint density at radius 2 is 1.80 bits per heavy atom. The van der Waals surface area contributed by atoms with E-state index < -0.39 is 43.0 Å². The Morgan fingerprint density at radius 3 is 2.48 bits per heavy atom. The Bertz CT molecular complexity index is 1150. The van der Waals surface area contributed by atoms with Crippen molar-refractivity contribution in [3.63, 3.8) is 0 Å². The van der Waals surface area contributed by atoms with Crippen LogP contribution in [0.5, 0.6) is 5.75 Å². The number of rotatable bonds is 8. The van der Waals surface area contributed by atoms with Crippen LogP contribution in [0, 0.1) is 5.92 Å². The van der Waals surface area contributed by atoms with Crippen LogP contribution in [0.15, 0.2) is 18.2 Å². The normalized spacial score (nSPS) is 23.0. The monoisotopic (exact) mass is 656 g/mol. The van der Waals surface area contributed by atoms with E-state index in [1.54, 1.807) is 18.9 Å². The molecule has 1 fully saturated rings. The lowest BCUT2D eigenvalue weighted by Gasteiger charge is -2.36. The zero-order chi connectivity index (χ0) is 33.9. The Morgan fingerprint density at radius 1 is 1.11 bits per heavy atom. The molecule has 0 radical (unpaired) electrons. The number of urea groups is 1. The number of amides is 4. The molecule has 0 bridgehead atoms. The van der Waals surface area contributed by atoms with Gasteiger partial charge in [0.1, 0.15) is 5.75 Å². The van der Waals surface area contributed by atoms with Crippen LogP contribution in [0.3, 0.4) is 0 Å². The molecule has 0 unspecified atom stereocenters. The lowest BCUT2D eigenvalue weighted by atomic mass is 9.96. The van der Waals surface area contributed by atoms with Crippen LogP contribution >= 0.6 is 0 Å². The number of carbonyl (C=O) groups is 3. The summed E-state index contributed by atoms with van der Waals surface area (Å²) in [4.78, 5) is 42.6. The SMILES string of the molecule is C[C@@H]1CN([C@@H](C)CO)C(=O)c2cc(NC(=O)CCC(F)(F)F)ccc2O[C@@H](C)CCCCO[C@H]1CN(C)C(=O)NC1CCCCC1. The first-order chi connectivity index (χ1) is 21.8. The van der Waals surface area contributed by atoms with Gasteiger partial charge in [-0.15, -0.1) is 0 Å². The highest BCUT2D eigenvalue weighted by Crippen LogP contribution is 2.29. The highest BCUT2D eigenvalue weighted by atomic mass is 19.4. The van der Waals surface area contributed by atoms with Gasteiger partial charge in [-0.3, -0.25) is 9.59 Å². The van der Waals surface area contributed by atoms with Gasteiger partial charge in [-0.1, -0.05) is 26.2 Å². The van der Waals surface area contributed by atoms with E-state index in [4.69, 9.17) is 9.47 Å². The molecule has 1 heterocycles. The summed E-state index contributed by atoms with van der Waals surface area (Å²) in [6, 6.07) is 3.82. The first kappa shape index (κ1) is 37.4. The molecule has 46 heavy (non-hydrogen) atoms. The van der Waals surface area contributed by atoms with Crippen molar-refractivity contribution in [3.05, 3.63) is 23.8 Å². The van der Waals surface area contributed by atoms with Gasteiger partial charge in [0.2, 0.25) is 5.91 Å². The number of ether oxygens (including phenoxy) is 2. The fourth-order valence-corrected chi connectivity index (χ4v) is 5.83. The van der Waals surface area contributed by atoms with Crippen LogP contribution in [0.25, 0.3) is 0 Å². The smallest absolute Gasteiger partial charge is 0.389 e. The fraction of sp³-hybridized carbons (Fsp3) is 0.727. The Hall–Kier alpha value is -3.06. The Labute approximate surface area is 270 Å². The molecule has 2 aliphatic rings. The maximum absolute atomic E-state index is 14.2. The van der Waals surface area contributed by atoms with Crippen LogP contribution in [-0.4, -0.2) is 96.6 Å². The number of benzene rings is 1. The fourth-order valence-electron chi connectivity index (χ4n) is 5.83. The molecule has 1 aromatic carbocycles. The van der Waals surface area contributed by atoms with E-state index in [1.807, 2.05) is 13.8 Å². The third-order valence-corrected chi connectivity index (χ3v) is 8.70. The van der Waals surface area contributed by atoms with Gasteiger partial charge in [-0.05, 0) is 64.2 Å². The van der Waals surface area contributed by atoms with Gasteiger partial charge in [0.05, 0.1) is 36.8 Å². The third-order valence-electron chi connectivity index (χ3n) is 8.70. The molecule has 4 atom stereocenters. The first-order valence-electron chi connectivity index (χ1n) is 16.5. The van der Waals surface area contributed by atoms with Crippen LogP contribution in [0.1, 0.15) is 95.3 Å². The predicted octanol–water partition coefficient (Wildman–Crippen LogP) is 5.74. The number of nitrogens with zero attached hydrogens (tertiary/aromatic N) is 2. The largest absolute Gasteiger partial charge is 0.490 e. The number of aliphatic hydroxyl groups excluding tert-OH is 1. The lowest BCUT2D eigenvalue weighted by molar-refractivity contribution is -0.142. The van der Waals surface area contributed by atoms with Crippen molar-refractivity contribution in [2.24, 2.45) is 5.92 Å². The molecule has 10 nitrogen and oxygen atoms in total. The quantitative estimate of drug-likeness (QED) is 0.329. The number of aliphatic hydroxyl groups is 1. The molecule has 13 heteroatoms. The Balaban J connectivity index is 1.85. The summed E-state index contributed by atoms with van der Waals surface area (Å²) in [6.45, 7) is 6.15. The van der Waals surface area contributed by atoms with Crippen molar-refractivity contribution in [2.75, 3.05) is 38.7 Å². The highest BCUT2D eigenvalue weighted by molar-refractivity contribution is 5.99. The number of hydrogen-bond donors (Lipinski definition) is 3. The standard InChI is InChI=1S/C33H51F3N4O6/c1-22-19-40(23(2)21-41)31(43)27-18-26(37-30(42)15-16-33(34,35)36)13-14-28(27)46-24(3)10-8-9-17-45-29(22)20-39(4)32(44)38-25-11-6-5-7-12-25/h13-14,18,22-25,29,41H,5-12,15-17,19-21H2,1-4H3,(H,37,42)(H,38,44)/t22-,23+,24+,29+/m1/s1. The molecular weight excluding hydrogens is 605 g/mol. The summed E-state index contributed by atoms with van der Waals surface area (Å²) < 4.78 is 50.5. The van der Waals surface area contributed by atoms with Crippen LogP contribution < -0.4 is 15.4 Å². The minimum Gasteiger partial charge on any atom is -0.490 e. The summed E-state index contributed by atoms with van der Waals surface area (Å²) in [5.74, 6) is -1.27. The average Bonchev–Trinajstić information content (AvgIpc) is 3.01. The summed E-state index contributed by atoms with van der Waals surface area (Å²) in [5.41, 5.74) is 0.277. The molecule has 1 saturated carbocycles. The maximum atomic E-state index is 14.2. The van der Waals surface area contributed by atoms with Crippen molar-refractivity contribution in [2.45, 2.75) is 115 Å². The summed E-state index contributed by atoms with van der Waals surface area (Å²) in [5, 5.41) is 15.7. The molecule has 0 aromatic heterocycles. The summed E-state index contributed by atoms with van der Waals surface area (Å²) in [7, 11) is 1.73. The second-order valence-electron chi connectivity index (χ2n) is 12.8. The minimum absolute atomic E-state index is 0.117. The highest BCUT2D eigenvalue weighted by Gasteiger charge is 2.32. The second kappa shape index (κ2) is 17.7. The average molecular weight is 657 g/mol. The van der Waals surface area contributed by atoms with Crippen molar-refractivity contribution in [3.8, 4) is 5.75 Å². The van der Waals surface area contributed by atoms with Gasteiger partial charge in [0.25, 0.3) is 5.91 Å². The van der Waals surface area contributed by atoms with Gasteiger partial charge in [0.15, 0.2) is 0 Å². The Kier molecular flexibility index (Phi) is 14.4. The van der Waals surface area contributed by atoms with E-state index in [0.29, 0.717) is 19.6 Å². The third kappa shape index (κ3) is 11.9. The van der Waals surface area contributed by atoms with Crippen molar-refractivity contribution < 1.29 is 42.1 Å². The second-order valence-corrected chi connectivity index (χ2v) is 12.8. The molecule has 0 spiro atoms. The summed E-state index contributed by atoms with van der Waals surface area (Å²) >= 11 is 0. The molecule has 1 aliphatic carbocycles. The number of nitrogens with one attached hydrogen (secondary N) is 2. The molecule has 1 aliphatic heterocycles. The number of likely N-dealkylation sites (N-methyl/N-ethyl adjacent to an activating group) is 1. The summed E-state index contributed by atoms with van der Waals surface area (Å²) in [6.07, 6.45) is 0.402. The topological polar surface area (TPSA) is 120 Å². The maximum Gasteiger partial charge on any atom is 0.389 e. The zero-order valence-corrected chi connectivity index (χ0v) is 27.5. The molecule has 260 valence electrons. The molecule has 3 rings (SSSR count). The van der Waals surface area contributed by atoms with E-state index in [2.05, 4.69) is 10.6 Å². The number of alkyl halides is 3. The van der Waals surface area contributed by atoms with E-state index in [1.165, 1.54) is 29.5 Å². The van der Waals surface area contributed by atoms with E-state index in [0.717, 1.165) is 38.5 Å². The number of carbonyl (C=O) groups excluding carboxylic acids is 3. The van der Waals surface area contributed by atoms with Crippen LogP contribution in [-0.2, 0) is 9.53 Å². The van der Waals surface area contributed by atoms with Crippen LogP contribution in [0.2, 0.25) is 0 Å². The van der Waals surface area contributed by atoms with E-state index in [-0.39, 0.29) is 54.2 Å². The van der Waals surface area contributed by atoms with Gasteiger partial charge in [-0.25, -0.2) is 4.79 Å². The van der Waals surface area contributed by atoms with E-state index in [9.17, 15) is 32.7 Å². The molecular formula is C33H51F3N4O6. The van der Waals surface area contributed by atoms with Gasteiger partial charge in [0, 0.05) is 50.8 Å². The van der Waals surface area contributed by atoms with Crippen molar-refractivity contribution in [1.82, 2.24) is 15.1 Å². The van der Waals surface area contributed by atoms with Gasteiger partial charge >= 0.3 is 12.2 Å². The lowest BCUT2D eigenvalue weighted by Crippen LogP contribution is -2.50. The molecule has 1 aromatic rings. The number of anilines is 1. The van der Waals surface area contributed by atoms with E-state index >= 15 is 0 Å². The number of fused-ring (bicyclic) bond motifs is 1. The van der Waals surface area contributed by atoms with Gasteiger partial charge in [-0.2, -0.15) is 13.2 Å². The van der Waals surface area contributed by atoms with Crippen molar-refractivity contribution in [1.29, 1.82) is 0 Å². The predicted molar refractivity (Wildman–Crippen MR) is 169 cm³/mol. The minimum atomic E-state index is -4.47. The number of halogens is 3. The molecule has 0 saturated heterocycles. The van der Waals surface area contributed by atoms with Crippen LogP contribution in [0.4, 0.5) is 23.7 Å². The van der Waals surface area contributed by atoms with Crippen molar-refractivity contribution >= 4 is 23.5 Å². The molecule has 4 amide bonds. The number of hydrogen-bond acceptors (Lipinski definition) is 6. The molecule has 3 N–H and O–H groups in total.